The van der Waals surface area contributed by atoms with Crippen molar-refractivity contribution in [3.63, 3.8) is 0 Å². The number of anilines is 2. The maximum absolute atomic E-state index is 13.0. The van der Waals surface area contributed by atoms with Crippen molar-refractivity contribution in [2.45, 2.75) is 19.1 Å². The number of benzene rings is 2. The topological polar surface area (TPSA) is 58.2 Å². The summed E-state index contributed by atoms with van der Waals surface area (Å²) in [7, 11) is 0. The van der Waals surface area contributed by atoms with Crippen LogP contribution in [-0.4, -0.2) is 23.4 Å². The molecule has 0 spiro atoms. The molecule has 0 fully saturated rings. The Morgan fingerprint density at radius 3 is 2.41 bits per heavy atom. The molecule has 0 saturated carbocycles. The van der Waals surface area contributed by atoms with Gasteiger partial charge in [0.1, 0.15) is 0 Å². The number of allylic oxidation sites excluding steroid dienone is 4. The van der Waals surface area contributed by atoms with Crippen LogP contribution in [0.25, 0.3) is 0 Å². The van der Waals surface area contributed by atoms with E-state index in [-0.39, 0.29) is 22.5 Å². The highest BCUT2D eigenvalue weighted by Crippen LogP contribution is 2.48. The minimum atomic E-state index is -0.295. The Morgan fingerprint density at radius 1 is 1.00 bits per heavy atom. The van der Waals surface area contributed by atoms with Gasteiger partial charge in [0, 0.05) is 27.8 Å². The van der Waals surface area contributed by atoms with E-state index in [0.29, 0.717) is 26.9 Å². The highest BCUT2D eigenvalue weighted by atomic mass is 35.5. The zero-order valence-corrected chi connectivity index (χ0v) is 20.3. The van der Waals surface area contributed by atoms with Crippen LogP contribution in [0.3, 0.4) is 0 Å². The van der Waals surface area contributed by atoms with Crippen LogP contribution >= 0.6 is 35.0 Å². The number of rotatable bonds is 4. The normalized spacial score (nSPS) is 20.5. The highest BCUT2D eigenvalue weighted by Gasteiger charge is 2.38. The lowest BCUT2D eigenvalue weighted by Crippen LogP contribution is -2.21. The molecule has 4 rings (SSSR count). The monoisotopic (exact) mass is 486 g/mol. The highest BCUT2D eigenvalue weighted by molar-refractivity contribution is 8.05. The average molecular weight is 487 g/mol. The number of hydrogen-bond donors (Lipinski definition) is 2. The number of hydrogen-bond acceptors (Lipinski definition) is 3. The summed E-state index contributed by atoms with van der Waals surface area (Å²) in [6.45, 7) is 4.02. The first-order valence-corrected chi connectivity index (χ1v) is 12.0. The number of carbonyl (C=O) groups excluding carboxylic acids is 2. The number of thioether (sulfide) groups is 1. The van der Waals surface area contributed by atoms with Gasteiger partial charge in [-0.2, -0.15) is 0 Å². The van der Waals surface area contributed by atoms with Crippen LogP contribution in [0.4, 0.5) is 11.4 Å². The summed E-state index contributed by atoms with van der Waals surface area (Å²) >= 11 is 12.1. The van der Waals surface area contributed by atoms with Gasteiger partial charge in [0.15, 0.2) is 0 Å². The first-order valence-electron chi connectivity index (χ1n) is 9.96. The fraction of sp³-hybridized carbons (Fsp3) is 0.200. The van der Waals surface area contributed by atoms with Gasteiger partial charge in [-0.15, -0.1) is 23.4 Å². The molecule has 1 heterocycles. The minimum absolute atomic E-state index is 0.172. The number of amides is 2. The lowest BCUT2D eigenvalue weighted by Gasteiger charge is -2.25. The molecule has 0 radical (unpaired) electrons. The van der Waals surface area contributed by atoms with Gasteiger partial charge in [-0.1, -0.05) is 60.5 Å². The first kappa shape index (κ1) is 24.2. The lowest BCUT2D eigenvalue weighted by molar-refractivity contribution is -0.112. The number of fused-ring (bicyclic) bond motifs is 1. The molecule has 1 aliphatic carbocycles. The molecule has 32 heavy (non-hydrogen) atoms. The van der Waals surface area contributed by atoms with Gasteiger partial charge >= 0.3 is 0 Å². The van der Waals surface area contributed by atoms with Crippen LogP contribution in [0.2, 0.25) is 5.02 Å². The van der Waals surface area contributed by atoms with Crippen LogP contribution < -0.4 is 10.6 Å². The first-order chi connectivity index (χ1) is 15.3. The number of halogens is 2. The predicted octanol–water partition coefficient (Wildman–Crippen LogP) is 6.83. The zero-order valence-electron chi connectivity index (χ0n) is 18.0. The van der Waals surface area contributed by atoms with Crippen molar-refractivity contribution in [3.05, 3.63) is 93.9 Å². The van der Waals surface area contributed by atoms with Crippen molar-refractivity contribution in [3.8, 4) is 0 Å². The van der Waals surface area contributed by atoms with Crippen LogP contribution in [-0.2, 0) is 4.79 Å². The molecule has 2 atom stereocenters. The molecule has 4 nitrogen and oxygen atoms in total. The molecule has 2 amide bonds. The van der Waals surface area contributed by atoms with E-state index in [1.807, 2.05) is 31.2 Å². The molecule has 0 saturated heterocycles. The van der Waals surface area contributed by atoms with Gasteiger partial charge in [0.25, 0.3) is 11.8 Å². The van der Waals surface area contributed by atoms with E-state index in [2.05, 4.69) is 41.3 Å². The maximum atomic E-state index is 13.0. The van der Waals surface area contributed by atoms with Crippen LogP contribution in [0.1, 0.15) is 22.8 Å². The number of alkyl halides is 1. The molecule has 2 N–H and O–H groups in total. The van der Waals surface area contributed by atoms with Crippen molar-refractivity contribution < 1.29 is 9.59 Å². The second-order valence-electron chi connectivity index (χ2n) is 7.62. The van der Waals surface area contributed by atoms with E-state index in [0.717, 1.165) is 5.56 Å². The van der Waals surface area contributed by atoms with Crippen molar-refractivity contribution >= 4 is 58.2 Å². The number of aryl methyl sites for hydroxylation is 1. The van der Waals surface area contributed by atoms with E-state index in [9.17, 15) is 9.59 Å². The summed E-state index contributed by atoms with van der Waals surface area (Å²) in [6, 6.07) is 12.3. The van der Waals surface area contributed by atoms with Crippen molar-refractivity contribution in [1.29, 1.82) is 0 Å². The molecule has 2 aliphatic rings. The average Bonchev–Trinajstić information content (AvgIpc) is 3.15. The SMILES string of the molecule is CCl.Cc1ccc(NC(=O)C2=CC3(C)C=CC=CC3S2)c(C(=O)Nc2ccc(Cl)cc2)c1. The molecule has 0 aromatic heterocycles. The molecule has 7 heteroatoms. The second kappa shape index (κ2) is 10.4. The van der Waals surface area contributed by atoms with Gasteiger partial charge in [-0.25, -0.2) is 0 Å². The Kier molecular flexibility index (Phi) is 7.88. The molecule has 2 aromatic rings. The number of carbonyl (C=O) groups is 2. The molecule has 2 aromatic carbocycles. The van der Waals surface area contributed by atoms with Gasteiger partial charge in [0.2, 0.25) is 0 Å². The Hall–Kier alpha value is -2.47. The van der Waals surface area contributed by atoms with Crippen LogP contribution in [0.5, 0.6) is 0 Å². The third kappa shape index (κ3) is 5.47. The van der Waals surface area contributed by atoms with Crippen LogP contribution in [0.15, 0.2) is 77.7 Å². The summed E-state index contributed by atoms with van der Waals surface area (Å²) in [6.07, 6.45) is 11.7. The third-order valence-corrected chi connectivity index (χ3v) is 6.88. The van der Waals surface area contributed by atoms with Crippen molar-refractivity contribution in [2.24, 2.45) is 5.41 Å². The minimum Gasteiger partial charge on any atom is -0.322 e. The standard InChI is InChI=1S/C24H21ClN2O2S.CH3Cl/c1-15-6-11-19(18(13-15)22(28)26-17-9-7-16(25)8-10-17)27-23(29)20-14-24(2)12-4-3-5-21(24)30-20;1-2/h3-14,21H,1-2H3,(H,26,28)(H,27,29);1H3. The van der Waals surface area contributed by atoms with Gasteiger partial charge in [-0.3, -0.25) is 9.59 Å². The Labute approximate surface area is 202 Å². The Balaban J connectivity index is 0.00000141. The molecule has 0 bridgehead atoms. The van der Waals surface area contributed by atoms with Gasteiger partial charge in [0.05, 0.1) is 16.2 Å². The summed E-state index contributed by atoms with van der Waals surface area (Å²) in [5, 5.41) is 6.58. The van der Waals surface area contributed by atoms with Gasteiger partial charge < -0.3 is 10.6 Å². The summed E-state index contributed by atoms with van der Waals surface area (Å²) in [5.74, 6) is -0.502. The fourth-order valence-electron chi connectivity index (χ4n) is 3.47. The van der Waals surface area contributed by atoms with E-state index in [4.69, 9.17) is 11.6 Å². The maximum Gasteiger partial charge on any atom is 0.261 e. The van der Waals surface area contributed by atoms with Crippen molar-refractivity contribution in [2.75, 3.05) is 17.0 Å². The third-order valence-electron chi connectivity index (χ3n) is 5.16. The molecule has 1 aliphatic heterocycles. The summed E-state index contributed by atoms with van der Waals surface area (Å²) in [5.41, 5.74) is 2.27. The van der Waals surface area contributed by atoms with E-state index < -0.39 is 0 Å². The van der Waals surface area contributed by atoms with E-state index >= 15 is 0 Å². The smallest absolute Gasteiger partial charge is 0.261 e. The van der Waals surface area contributed by atoms with Crippen LogP contribution in [0, 0.1) is 12.3 Å². The fourth-order valence-corrected chi connectivity index (χ4v) is 4.92. The zero-order chi connectivity index (χ0) is 23.3. The summed E-state index contributed by atoms with van der Waals surface area (Å²) < 4.78 is 0. The Morgan fingerprint density at radius 2 is 1.72 bits per heavy atom. The van der Waals surface area contributed by atoms with Crippen molar-refractivity contribution in [1.82, 2.24) is 0 Å². The Bertz CT molecular complexity index is 1110. The molecular weight excluding hydrogens is 463 g/mol. The predicted molar refractivity (Wildman–Crippen MR) is 137 cm³/mol. The van der Waals surface area contributed by atoms with Gasteiger partial charge in [-0.05, 0) is 43.3 Å². The molecule has 166 valence electrons. The van der Waals surface area contributed by atoms with E-state index in [1.165, 1.54) is 6.38 Å². The van der Waals surface area contributed by atoms with E-state index in [1.54, 1.807) is 48.2 Å². The quantitative estimate of drug-likeness (QED) is 0.465. The molecule has 2 unspecified atom stereocenters. The molecular formula is C25H24Cl2N2O2S. The second-order valence-corrected chi connectivity index (χ2v) is 9.24. The largest absolute Gasteiger partial charge is 0.322 e. The summed E-state index contributed by atoms with van der Waals surface area (Å²) in [4.78, 5) is 26.5. The lowest BCUT2D eigenvalue weighted by atomic mass is 9.83. The number of nitrogens with one attached hydrogen (secondary N) is 2.